The number of hydrogen-bond acceptors (Lipinski definition) is 2. The maximum Gasteiger partial charge on any atom is 0.218 e. The number of sulfonamides is 1. The van der Waals surface area contributed by atoms with Gasteiger partial charge in [-0.3, -0.25) is 0 Å². The molecule has 17 heavy (non-hydrogen) atoms. The molecule has 1 unspecified atom stereocenters. The Labute approximate surface area is 104 Å². The van der Waals surface area contributed by atoms with Crippen molar-refractivity contribution >= 4 is 10.0 Å². The van der Waals surface area contributed by atoms with E-state index in [1.165, 1.54) is 0 Å². The normalized spacial score (nSPS) is 21.9. The van der Waals surface area contributed by atoms with E-state index in [2.05, 4.69) is 0 Å². The average molecular weight is 253 g/mol. The van der Waals surface area contributed by atoms with Crippen LogP contribution in [-0.4, -0.2) is 25.3 Å². The summed E-state index contributed by atoms with van der Waals surface area (Å²) in [5, 5.41) is 0. The Morgan fingerprint density at radius 2 is 2.18 bits per heavy atom. The Morgan fingerprint density at radius 3 is 2.76 bits per heavy atom. The minimum atomic E-state index is -3.15. The molecule has 0 spiro atoms. The van der Waals surface area contributed by atoms with Crippen LogP contribution in [0.1, 0.15) is 30.9 Å². The lowest BCUT2D eigenvalue weighted by molar-refractivity contribution is 0.407. The number of nitrogens with zero attached hydrogens (tertiary/aromatic N) is 1. The summed E-state index contributed by atoms with van der Waals surface area (Å²) in [4.78, 5) is 0. The number of aryl methyl sites for hydroxylation is 1. The minimum Gasteiger partial charge on any atom is -0.212 e. The van der Waals surface area contributed by atoms with Crippen LogP contribution < -0.4 is 0 Å². The SMILES string of the molecule is Cc1cccc(CS(=O)(=O)N2CCCC2C)c1. The van der Waals surface area contributed by atoms with E-state index in [0.717, 1.165) is 24.0 Å². The van der Waals surface area contributed by atoms with Gasteiger partial charge < -0.3 is 0 Å². The third kappa shape index (κ3) is 2.87. The van der Waals surface area contributed by atoms with Crippen LogP contribution in [0, 0.1) is 6.92 Å². The van der Waals surface area contributed by atoms with Crippen molar-refractivity contribution in [2.45, 2.75) is 38.5 Å². The van der Waals surface area contributed by atoms with Crippen molar-refractivity contribution in [2.24, 2.45) is 0 Å². The predicted octanol–water partition coefficient (Wildman–Crippen LogP) is 2.31. The van der Waals surface area contributed by atoms with E-state index < -0.39 is 10.0 Å². The summed E-state index contributed by atoms with van der Waals surface area (Å²) in [6.07, 6.45) is 1.96. The molecule has 1 aliphatic rings. The van der Waals surface area contributed by atoms with E-state index in [1.807, 2.05) is 38.1 Å². The molecule has 1 aliphatic heterocycles. The molecule has 0 bridgehead atoms. The summed E-state index contributed by atoms with van der Waals surface area (Å²) >= 11 is 0. The molecular formula is C13H19NO2S. The van der Waals surface area contributed by atoms with Crippen molar-refractivity contribution in [1.29, 1.82) is 0 Å². The van der Waals surface area contributed by atoms with Gasteiger partial charge in [0, 0.05) is 12.6 Å². The molecule has 0 saturated carbocycles. The van der Waals surface area contributed by atoms with E-state index in [-0.39, 0.29) is 11.8 Å². The molecule has 0 amide bonds. The van der Waals surface area contributed by atoms with Gasteiger partial charge in [0.2, 0.25) is 10.0 Å². The van der Waals surface area contributed by atoms with Gasteiger partial charge in [0.1, 0.15) is 0 Å². The van der Waals surface area contributed by atoms with E-state index in [9.17, 15) is 8.42 Å². The summed E-state index contributed by atoms with van der Waals surface area (Å²) in [7, 11) is -3.15. The molecule has 1 aromatic rings. The largest absolute Gasteiger partial charge is 0.218 e. The lowest BCUT2D eigenvalue weighted by Gasteiger charge is -2.20. The number of hydrogen-bond donors (Lipinski definition) is 0. The minimum absolute atomic E-state index is 0.124. The van der Waals surface area contributed by atoms with Crippen molar-refractivity contribution in [1.82, 2.24) is 4.31 Å². The van der Waals surface area contributed by atoms with Gasteiger partial charge in [0.15, 0.2) is 0 Å². The second-order valence-electron chi connectivity index (χ2n) is 4.85. The lowest BCUT2D eigenvalue weighted by Crippen LogP contribution is -2.34. The molecule has 1 atom stereocenters. The summed E-state index contributed by atoms with van der Waals surface area (Å²) in [5.74, 6) is 0.124. The van der Waals surface area contributed by atoms with Crippen LogP contribution in [0.2, 0.25) is 0 Å². The van der Waals surface area contributed by atoms with Crippen LogP contribution >= 0.6 is 0 Å². The van der Waals surface area contributed by atoms with Crippen molar-refractivity contribution in [3.63, 3.8) is 0 Å². The number of rotatable bonds is 3. The molecule has 3 nitrogen and oxygen atoms in total. The van der Waals surface area contributed by atoms with Gasteiger partial charge in [0.25, 0.3) is 0 Å². The molecule has 0 aliphatic carbocycles. The lowest BCUT2D eigenvalue weighted by atomic mass is 10.2. The van der Waals surface area contributed by atoms with Crippen LogP contribution in [0.15, 0.2) is 24.3 Å². The molecule has 1 aromatic carbocycles. The highest BCUT2D eigenvalue weighted by Gasteiger charge is 2.31. The van der Waals surface area contributed by atoms with Gasteiger partial charge in [-0.2, -0.15) is 4.31 Å². The maximum absolute atomic E-state index is 12.2. The molecular weight excluding hydrogens is 234 g/mol. The van der Waals surface area contributed by atoms with E-state index in [1.54, 1.807) is 4.31 Å². The predicted molar refractivity (Wildman–Crippen MR) is 69.2 cm³/mol. The molecule has 0 aromatic heterocycles. The molecule has 0 radical (unpaired) electrons. The molecule has 1 heterocycles. The smallest absolute Gasteiger partial charge is 0.212 e. The zero-order chi connectivity index (χ0) is 12.5. The standard InChI is InChI=1S/C13H19NO2S/c1-11-5-3-7-13(9-11)10-17(15,16)14-8-4-6-12(14)2/h3,5,7,9,12H,4,6,8,10H2,1-2H3. The van der Waals surface area contributed by atoms with Crippen LogP contribution in [0.25, 0.3) is 0 Å². The van der Waals surface area contributed by atoms with Crippen LogP contribution in [0.4, 0.5) is 0 Å². The molecule has 2 rings (SSSR count). The highest BCUT2D eigenvalue weighted by atomic mass is 32.2. The summed E-state index contributed by atoms with van der Waals surface area (Å²) in [6, 6.07) is 7.87. The molecule has 94 valence electrons. The molecule has 1 saturated heterocycles. The first kappa shape index (κ1) is 12.6. The van der Waals surface area contributed by atoms with E-state index in [4.69, 9.17) is 0 Å². The summed E-state index contributed by atoms with van der Waals surface area (Å²) in [5.41, 5.74) is 1.98. The molecule has 0 N–H and O–H groups in total. The van der Waals surface area contributed by atoms with Crippen molar-refractivity contribution in [2.75, 3.05) is 6.54 Å². The first-order valence-electron chi connectivity index (χ1n) is 6.04. The highest BCUT2D eigenvalue weighted by molar-refractivity contribution is 7.88. The second kappa shape index (κ2) is 4.78. The van der Waals surface area contributed by atoms with E-state index in [0.29, 0.717) is 6.54 Å². The van der Waals surface area contributed by atoms with E-state index >= 15 is 0 Å². The quantitative estimate of drug-likeness (QED) is 0.829. The van der Waals surface area contributed by atoms with Crippen LogP contribution in [-0.2, 0) is 15.8 Å². The average Bonchev–Trinajstić information content (AvgIpc) is 2.64. The molecule has 4 heteroatoms. The third-order valence-electron chi connectivity index (χ3n) is 3.28. The Morgan fingerprint density at radius 1 is 1.41 bits per heavy atom. The first-order chi connectivity index (χ1) is 7.99. The molecule has 1 fully saturated rings. The van der Waals surface area contributed by atoms with Gasteiger partial charge in [-0.05, 0) is 32.3 Å². The second-order valence-corrected chi connectivity index (χ2v) is 6.77. The fourth-order valence-corrected chi connectivity index (χ4v) is 4.24. The van der Waals surface area contributed by atoms with Gasteiger partial charge in [0.05, 0.1) is 5.75 Å². The van der Waals surface area contributed by atoms with Gasteiger partial charge in [-0.25, -0.2) is 8.42 Å². The maximum atomic E-state index is 12.2. The fourth-order valence-electron chi connectivity index (χ4n) is 2.42. The fraction of sp³-hybridized carbons (Fsp3) is 0.538. The van der Waals surface area contributed by atoms with Crippen LogP contribution in [0.5, 0.6) is 0 Å². The third-order valence-corrected chi connectivity index (χ3v) is 5.24. The zero-order valence-corrected chi connectivity index (χ0v) is 11.2. The van der Waals surface area contributed by atoms with Crippen LogP contribution in [0.3, 0.4) is 0 Å². The Kier molecular flexibility index (Phi) is 3.54. The van der Waals surface area contributed by atoms with Gasteiger partial charge in [-0.1, -0.05) is 29.8 Å². The van der Waals surface area contributed by atoms with Gasteiger partial charge >= 0.3 is 0 Å². The Bertz CT molecular complexity index is 496. The zero-order valence-electron chi connectivity index (χ0n) is 10.4. The summed E-state index contributed by atoms with van der Waals surface area (Å²) < 4.78 is 26.1. The van der Waals surface area contributed by atoms with Crippen molar-refractivity contribution < 1.29 is 8.42 Å². The number of benzene rings is 1. The van der Waals surface area contributed by atoms with Crippen molar-refractivity contribution in [3.8, 4) is 0 Å². The first-order valence-corrected chi connectivity index (χ1v) is 7.65. The highest BCUT2D eigenvalue weighted by Crippen LogP contribution is 2.23. The van der Waals surface area contributed by atoms with Crippen molar-refractivity contribution in [3.05, 3.63) is 35.4 Å². The Balaban J connectivity index is 2.17. The summed E-state index contributed by atoms with van der Waals surface area (Å²) in [6.45, 7) is 4.64. The van der Waals surface area contributed by atoms with Gasteiger partial charge in [-0.15, -0.1) is 0 Å². The topological polar surface area (TPSA) is 37.4 Å². The Hall–Kier alpha value is -0.870. The monoisotopic (exact) mass is 253 g/mol.